The summed E-state index contributed by atoms with van der Waals surface area (Å²) in [6.07, 6.45) is -0.116. The molecular formula is C26H29ClF2N6O3. The van der Waals surface area contributed by atoms with E-state index in [1.165, 1.54) is 12.3 Å². The molecule has 12 heteroatoms. The van der Waals surface area contributed by atoms with Crippen molar-refractivity contribution in [2.24, 2.45) is 0 Å². The number of benzene rings is 2. The Bertz CT molecular complexity index is 1270. The highest BCUT2D eigenvalue weighted by Crippen LogP contribution is 2.26. The van der Waals surface area contributed by atoms with Crippen molar-refractivity contribution in [3.63, 3.8) is 0 Å². The maximum atomic E-state index is 14.2. The van der Waals surface area contributed by atoms with Crippen LogP contribution in [0.2, 0.25) is 5.02 Å². The number of nitrogens with one attached hydrogen (secondary N) is 1. The first-order valence-electron chi connectivity index (χ1n) is 11.9. The molecule has 2 N–H and O–H groups in total. The van der Waals surface area contributed by atoms with Crippen LogP contribution in [-0.2, 0) is 6.54 Å². The third kappa shape index (κ3) is 7.14. The van der Waals surface area contributed by atoms with Gasteiger partial charge in [0.15, 0.2) is 0 Å². The van der Waals surface area contributed by atoms with Gasteiger partial charge in [0, 0.05) is 43.1 Å². The van der Waals surface area contributed by atoms with E-state index in [1.54, 1.807) is 36.2 Å². The lowest BCUT2D eigenvalue weighted by Gasteiger charge is -2.23. The summed E-state index contributed by atoms with van der Waals surface area (Å²) in [5.41, 5.74) is 0.758. The molecule has 0 bridgehead atoms. The zero-order valence-corrected chi connectivity index (χ0v) is 22.0. The van der Waals surface area contributed by atoms with E-state index in [-0.39, 0.29) is 23.2 Å². The first kappa shape index (κ1) is 28.7. The predicted molar refractivity (Wildman–Crippen MR) is 142 cm³/mol. The van der Waals surface area contributed by atoms with Gasteiger partial charge in [-0.3, -0.25) is 9.69 Å². The van der Waals surface area contributed by atoms with E-state index in [4.69, 9.17) is 11.6 Å². The van der Waals surface area contributed by atoms with Crippen molar-refractivity contribution in [1.29, 1.82) is 0 Å². The average molecular weight is 547 g/mol. The number of anilines is 3. The molecule has 2 aromatic carbocycles. The molecular weight excluding hydrogens is 518 g/mol. The molecule has 0 saturated heterocycles. The topological polar surface area (TPSA) is 102 Å². The lowest BCUT2D eigenvalue weighted by molar-refractivity contribution is 0.0779. The van der Waals surface area contributed by atoms with Crippen molar-refractivity contribution in [2.75, 3.05) is 43.4 Å². The Hall–Kier alpha value is -3.83. The second-order valence-corrected chi connectivity index (χ2v) is 8.76. The second kappa shape index (κ2) is 13.1. The molecule has 3 aromatic rings. The number of likely N-dealkylation sites (N-methyl/N-ethyl adjacent to an activating group) is 2. The van der Waals surface area contributed by atoms with Gasteiger partial charge in [-0.15, -0.1) is 0 Å². The fraction of sp³-hybridized carbons (Fsp3) is 0.308. The molecule has 0 radical (unpaired) electrons. The van der Waals surface area contributed by atoms with Crippen LogP contribution in [0.4, 0.5) is 31.0 Å². The van der Waals surface area contributed by atoms with Crippen LogP contribution in [0.5, 0.6) is 0 Å². The SMILES string of the molecule is CCN(CC)CCN(C)C(=O)c1ccc(Nc2nccc(N(Cc3c(F)ccc(F)c3Cl)C(=O)O)n2)cc1. The zero-order valence-electron chi connectivity index (χ0n) is 21.3. The second-order valence-electron chi connectivity index (χ2n) is 8.38. The molecule has 0 aliphatic carbocycles. The van der Waals surface area contributed by atoms with E-state index in [0.29, 0.717) is 17.8 Å². The minimum absolute atomic E-state index is 0.0648. The number of aromatic nitrogens is 2. The Morgan fingerprint density at radius 3 is 2.29 bits per heavy atom. The van der Waals surface area contributed by atoms with Crippen molar-refractivity contribution in [1.82, 2.24) is 19.8 Å². The molecule has 1 aromatic heterocycles. The molecule has 9 nitrogen and oxygen atoms in total. The van der Waals surface area contributed by atoms with Crippen molar-refractivity contribution in [3.8, 4) is 0 Å². The molecule has 0 aliphatic rings. The monoisotopic (exact) mass is 546 g/mol. The van der Waals surface area contributed by atoms with Crippen LogP contribution in [0.1, 0.15) is 29.8 Å². The summed E-state index contributed by atoms with van der Waals surface area (Å²) in [6.45, 7) is 6.82. The summed E-state index contributed by atoms with van der Waals surface area (Å²) in [7, 11) is 1.76. The first-order chi connectivity index (χ1) is 18.1. The van der Waals surface area contributed by atoms with Crippen LogP contribution in [0, 0.1) is 11.6 Å². The summed E-state index contributed by atoms with van der Waals surface area (Å²) >= 11 is 5.86. The van der Waals surface area contributed by atoms with Crippen LogP contribution < -0.4 is 10.2 Å². The highest BCUT2D eigenvalue weighted by atomic mass is 35.5. The van der Waals surface area contributed by atoms with E-state index in [2.05, 4.69) is 34.0 Å². The number of carbonyl (C=O) groups excluding carboxylic acids is 1. The Balaban J connectivity index is 1.72. The van der Waals surface area contributed by atoms with Gasteiger partial charge in [-0.25, -0.2) is 18.6 Å². The molecule has 38 heavy (non-hydrogen) atoms. The van der Waals surface area contributed by atoms with Crippen molar-refractivity contribution < 1.29 is 23.5 Å². The molecule has 202 valence electrons. The Morgan fingerprint density at radius 2 is 1.66 bits per heavy atom. The lowest BCUT2D eigenvalue weighted by atomic mass is 10.2. The van der Waals surface area contributed by atoms with Crippen LogP contribution in [-0.4, -0.2) is 70.1 Å². The fourth-order valence-electron chi connectivity index (χ4n) is 3.66. The lowest BCUT2D eigenvalue weighted by Crippen LogP contribution is -2.36. The van der Waals surface area contributed by atoms with Gasteiger partial charge < -0.3 is 20.2 Å². The number of amides is 2. The average Bonchev–Trinajstić information content (AvgIpc) is 2.91. The third-order valence-corrected chi connectivity index (χ3v) is 6.39. The van der Waals surface area contributed by atoms with Gasteiger partial charge >= 0.3 is 6.09 Å². The fourth-order valence-corrected chi connectivity index (χ4v) is 3.87. The normalized spacial score (nSPS) is 10.9. The van der Waals surface area contributed by atoms with E-state index in [0.717, 1.165) is 36.7 Å². The number of carbonyl (C=O) groups is 2. The Kier molecular flexibility index (Phi) is 9.91. The molecule has 0 fully saturated rings. The van der Waals surface area contributed by atoms with E-state index < -0.39 is 29.3 Å². The quantitative estimate of drug-likeness (QED) is 0.317. The summed E-state index contributed by atoms with van der Waals surface area (Å²) in [4.78, 5) is 37.6. The molecule has 2 amide bonds. The largest absolute Gasteiger partial charge is 0.465 e. The summed E-state index contributed by atoms with van der Waals surface area (Å²) in [5, 5.41) is 12.1. The number of rotatable bonds is 11. The summed E-state index contributed by atoms with van der Waals surface area (Å²) < 4.78 is 28.1. The molecule has 0 atom stereocenters. The number of hydrogen-bond acceptors (Lipinski definition) is 6. The summed E-state index contributed by atoms with van der Waals surface area (Å²) in [6, 6.07) is 9.75. The number of halogens is 3. The molecule has 0 aliphatic heterocycles. The smallest absolute Gasteiger partial charge is 0.413 e. The molecule has 3 rings (SSSR count). The van der Waals surface area contributed by atoms with Crippen molar-refractivity contribution in [3.05, 3.63) is 76.4 Å². The molecule has 0 saturated carbocycles. The molecule has 1 heterocycles. The number of nitrogens with zero attached hydrogens (tertiary/aromatic N) is 5. The van der Waals surface area contributed by atoms with Crippen molar-refractivity contribution in [2.45, 2.75) is 20.4 Å². The minimum Gasteiger partial charge on any atom is -0.465 e. The number of hydrogen-bond donors (Lipinski definition) is 2. The van der Waals surface area contributed by atoms with Crippen LogP contribution in [0.3, 0.4) is 0 Å². The first-order valence-corrected chi connectivity index (χ1v) is 12.3. The van der Waals surface area contributed by atoms with Gasteiger partial charge in [0.1, 0.15) is 17.5 Å². The van der Waals surface area contributed by atoms with Crippen LogP contribution in [0.15, 0.2) is 48.7 Å². The van der Waals surface area contributed by atoms with Crippen molar-refractivity contribution >= 4 is 41.1 Å². The van der Waals surface area contributed by atoms with Crippen LogP contribution >= 0.6 is 11.6 Å². The van der Waals surface area contributed by atoms with Gasteiger partial charge in [0.05, 0.1) is 11.6 Å². The van der Waals surface area contributed by atoms with Gasteiger partial charge in [-0.2, -0.15) is 4.98 Å². The van der Waals surface area contributed by atoms with E-state index in [1.807, 2.05) is 0 Å². The summed E-state index contributed by atoms with van der Waals surface area (Å²) in [5.74, 6) is -1.83. The third-order valence-electron chi connectivity index (χ3n) is 5.98. The minimum atomic E-state index is -1.44. The highest BCUT2D eigenvalue weighted by Gasteiger charge is 2.22. The van der Waals surface area contributed by atoms with E-state index in [9.17, 15) is 23.5 Å². The number of carboxylic acid groups (broad SMARTS) is 1. The zero-order chi connectivity index (χ0) is 27.8. The standard InChI is InChI=1S/C26H29ClF2N6O3/c1-4-34(5-2)15-14-33(3)24(36)17-6-8-18(9-7-17)31-25-30-13-12-22(32-25)35(26(37)38)16-19-20(28)10-11-21(29)23(19)27/h6-13H,4-5,14-16H2,1-3H3,(H,37,38)(H,30,31,32). The molecule has 0 spiro atoms. The van der Waals surface area contributed by atoms with Gasteiger partial charge in [0.2, 0.25) is 5.95 Å². The van der Waals surface area contributed by atoms with Gasteiger partial charge in [-0.1, -0.05) is 25.4 Å². The highest BCUT2D eigenvalue weighted by molar-refractivity contribution is 6.31. The van der Waals surface area contributed by atoms with Gasteiger partial charge in [-0.05, 0) is 55.6 Å². The maximum absolute atomic E-state index is 14.2. The van der Waals surface area contributed by atoms with Gasteiger partial charge in [0.25, 0.3) is 5.91 Å². The van der Waals surface area contributed by atoms with E-state index >= 15 is 0 Å². The Morgan fingerprint density at radius 1 is 1.00 bits per heavy atom. The Labute approximate surface area is 224 Å². The predicted octanol–water partition coefficient (Wildman–Crippen LogP) is 5.25. The molecule has 0 unspecified atom stereocenters. The van der Waals surface area contributed by atoms with Crippen LogP contribution in [0.25, 0.3) is 0 Å². The maximum Gasteiger partial charge on any atom is 0.413 e.